The predicted octanol–water partition coefficient (Wildman–Crippen LogP) is 3.85. The number of carbonyl (C=O) groups excluding carboxylic acids is 1. The van der Waals surface area contributed by atoms with Crippen molar-refractivity contribution in [2.75, 3.05) is 7.11 Å². The molecule has 0 atom stereocenters. The molecule has 0 bridgehead atoms. The zero-order valence-corrected chi connectivity index (χ0v) is 12.8. The summed E-state index contributed by atoms with van der Waals surface area (Å²) in [5.74, 6) is 1.48. The minimum Gasteiger partial charge on any atom is -0.497 e. The fraction of sp³-hybridized carbons (Fsp3) is 0.111. The first kappa shape index (κ1) is 13.6. The normalized spacial score (nSPS) is 11.2. The molecule has 0 radical (unpaired) electrons. The van der Waals surface area contributed by atoms with Gasteiger partial charge in [0.1, 0.15) is 11.6 Å². The fourth-order valence-electron chi connectivity index (χ4n) is 2.91. The Hall–Kier alpha value is -3.08. The number of rotatable bonds is 2. The number of imidazole rings is 1. The van der Waals surface area contributed by atoms with Gasteiger partial charge in [0.15, 0.2) is 5.65 Å². The zero-order valence-electron chi connectivity index (χ0n) is 12.8. The highest BCUT2D eigenvalue weighted by Crippen LogP contribution is 2.30. The number of fused-ring (bicyclic) bond motifs is 3. The van der Waals surface area contributed by atoms with Crippen molar-refractivity contribution in [1.82, 2.24) is 14.5 Å². The van der Waals surface area contributed by atoms with E-state index in [1.807, 2.05) is 48.5 Å². The first-order valence-electron chi connectivity index (χ1n) is 7.33. The topological polar surface area (TPSA) is 59.9 Å². The Kier molecular flexibility index (Phi) is 2.94. The van der Waals surface area contributed by atoms with Gasteiger partial charge < -0.3 is 9.72 Å². The summed E-state index contributed by atoms with van der Waals surface area (Å²) in [4.78, 5) is 20.0. The van der Waals surface area contributed by atoms with Gasteiger partial charge in [0.2, 0.25) is 5.91 Å². The fourth-order valence-corrected chi connectivity index (χ4v) is 2.91. The molecule has 5 nitrogen and oxygen atoms in total. The summed E-state index contributed by atoms with van der Waals surface area (Å²) in [6, 6.07) is 15.5. The number of para-hydroxylation sites is 1. The third-order valence-electron chi connectivity index (χ3n) is 3.99. The second-order valence-corrected chi connectivity index (χ2v) is 5.38. The first-order chi connectivity index (χ1) is 11.2. The van der Waals surface area contributed by atoms with Crippen LogP contribution in [-0.4, -0.2) is 27.6 Å². The number of nitrogens with zero attached hydrogens (tertiary/aromatic N) is 2. The van der Waals surface area contributed by atoms with Gasteiger partial charge in [0.05, 0.1) is 18.1 Å². The molecule has 0 saturated heterocycles. The number of hydrogen-bond acceptors (Lipinski definition) is 3. The van der Waals surface area contributed by atoms with E-state index in [-0.39, 0.29) is 5.91 Å². The Balaban J connectivity index is 1.97. The third kappa shape index (κ3) is 2.01. The molecule has 2 aromatic carbocycles. The second-order valence-electron chi connectivity index (χ2n) is 5.38. The van der Waals surface area contributed by atoms with Crippen LogP contribution in [-0.2, 0) is 0 Å². The number of carbonyl (C=O) groups is 1. The van der Waals surface area contributed by atoms with E-state index >= 15 is 0 Å². The molecular formula is C18H15N3O2. The first-order valence-corrected chi connectivity index (χ1v) is 7.33. The van der Waals surface area contributed by atoms with Gasteiger partial charge in [-0.3, -0.25) is 9.36 Å². The van der Waals surface area contributed by atoms with Crippen molar-refractivity contribution in [3.8, 4) is 17.1 Å². The van der Waals surface area contributed by atoms with E-state index in [0.29, 0.717) is 5.65 Å². The van der Waals surface area contributed by atoms with Crippen LogP contribution < -0.4 is 4.74 Å². The highest BCUT2D eigenvalue weighted by atomic mass is 16.5. The smallest absolute Gasteiger partial charge is 0.229 e. The molecule has 2 aromatic heterocycles. The highest BCUT2D eigenvalue weighted by Gasteiger charge is 2.17. The maximum absolute atomic E-state index is 12.1. The van der Waals surface area contributed by atoms with Gasteiger partial charge in [-0.2, -0.15) is 0 Å². The molecule has 114 valence electrons. The lowest BCUT2D eigenvalue weighted by Gasteiger charge is -2.02. The van der Waals surface area contributed by atoms with Crippen molar-refractivity contribution in [2.45, 2.75) is 6.92 Å². The van der Waals surface area contributed by atoms with Crippen molar-refractivity contribution in [2.24, 2.45) is 0 Å². The quantitative estimate of drug-likeness (QED) is 0.612. The summed E-state index contributed by atoms with van der Waals surface area (Å²) in [5.41, 5.74) is 3.35. The molecule has 0 aliphatic rings. The maximum Gasteiger partial charge on any atom is 0.229 e. The van der Waals surface area contributed by atoms with E-state index in [9.17, 15) is 4.79 Å². The summed E-state index contributed by atoms with van der Waals surface area (Å²) >= 11 is 0. The van der Waals surface area contributed by atoms with Gasteiger partial charge in [0, 0.05) is 17.9 Å². The van der Waals surface area contributed by atoms with Crippen molar-refractivity contribution >= 4 is 28.0 Å². The highest BCUT2D eigenvalue weighted by molar-refractivity contribution is 6.10. The molecule has 4 aromatic rings. The number of methoxy groups -OCH3 is 1. The van der Waals surface area contributed by atoms with Crippen LogP contribution in [0.3, 0.4) is 0 Å². The van der Waals surface area contributed by atoms with Crippen LogP contribution in [0.15, 0.2) is 48.5 Å². The molecule has 0 amide bonds. The molecule has 1 N–H and O–H groups in total. The van der Waals surface area contributed by atoms with Crippen molar-refractivity contribution < 1.29 is 9.53 Å². The van der Waals surface area contributed by atoms with Gasteiger partial charge in [-0.15, -0.1) is 0 Å². The number of ether oxygens (including phenoxy) is 1. The van der Waals surface area contributed by atoms with E-state index in [2.05, 4.69) is 9.97 Å². The van der Waals surface area contributed by atoms with Crippen molar-refractivity contribution in [3.05, 3.63) is 48.5 Å². The van der Waals surface area contributed by atoms with Crippen LogP contribution in [0.2, 0.25) is 0 Å². The number of nitrogens with one attached hydrogen (secondary N) is 1. The summed E-state index contributed by atoms with van der Waals surface area (Å²) in [6.45, 7) is 1.55. The van der Waals surface area contributed by atoms with E-state index in [0.717, 1.165) is 33.6 Å². The lowest BCUT2D eigenvalue weighted by molar-refractivity contribution is 0.0946. The average Bonchev–Trinajstić information content (AvgIpc) is 3.11. The van der Waals surface area contributed by atoms with E-state index < -0.39 is 0 Å². The SMILES string of the molecule is COc1ccc(-c2nc3c([nH]2)c2ccccc2n3C(C)=O)cc1. The molecule has 0 aliphatic carbocycles. The van der Waals surface area contributed by atoms with Crippen LogP contribution in [0, 0.1) is 0 Å². The largest absolute Gasteiger partial charge is 0.497 e. The zero-order chi connectivity index (χ0) is 16.0. The van der Waals surface area contributed by atoms with Crippen LogP contribution in [0.25, 0.3) is 33.5 Å². The van der Waals surface area contributed by atoms with Gasteiger partial charge in [-0.05, 0) is 30.3 Å². The van der Waals surface area contributed by atoms with Gasteiger partial charge >= 0.3 is 0 Å². The third-order valence-corrected chi connectivity index (χ3v) is 3.99. The summed E-state index contributed by atoms with van der Waals surface area (Å²) in [6.07, 6.45) is 0. The molecule has 23 heavy (non-hydrogen) atoms. The average molecular weight is 305 g/mol. The van der Waals surface area contributed by atoms with Crippen LogP contribution in [0.1, 0.15) is 11.7 Å². The summed E-state index contributed by atoms with van der Waals surface area (Å²) in [5, 5.41) is 0.991. The Morgan fingerprint density at radius 3 is 2.57 bits per heavy atom. The van der Waals surface area contributed by atoms with Gasteiger partial charge in [-0.25, -0.2) is 4.98 Å². The van der Waals surface area contributed by atoms with Crippen LogP contribution >= 0.6 is 0 Å². The Bertz CT molecular complexity index is 1030. The second kappa shape index (κ2) is 4.98. The minimum atomic E-state index is -0.0519. The van der Waals surface area contributed by atoms with Crippen LogP contribution in [0.4, 0.5) is 0 Å². The molecule has 2 heterocycles. The van der Waals surface area contributed by atoms with Crippen molar-refractivity contribution in [1.29, 1.82) is 0 Å². The molecule has 0 saturated carbocycles. The molecule has 0 spiro atoms. The summed E-state index contributed by atoms with van der Waals surface area (Å²) < 4.78 is 6.82. The van der Waals surface area contributed by atoms with Crippen LogP contribution in [0.5, 0.6) is 5.75 Å². The predicted molar refractivity (Wildman–Crippen MR) is 89.9 cm³/mol. The molecule has 0 unspecified atom stereocenters. The number of benzene rings is 2. The van der Waals surface area contributed by atoms with Crippen molar-refractivity contribution in [3.63, 3.8) is 0 Å². The van der Waals surface area contributed by atoms with E-state index in [1.54, 1.807) is 18.6 Å². The number of hydrogen-bond donors (Lipinski definition) is 1. The molecular weight excluding hydrogens is 290 g/mol. The molecule has 0 aliphatic heterocycles. The van der Waals surface area contributed by atoms with E-state index in [4.69, 9.17) is 4.74 Å². The van der Waals surface area contributed by atoms with E-state index in [1.165, 1.54) is 0 Å². The van der Waals surface area contributed by atoms with Gasteiger partial charge in [0.25, 0.3) is 0 Å². The number of H-pyrrole nitrogens is 1. The monoisotopic (exact) mass is 305 g/mol. The number of aromatic amines is 1. The Labute approximate surface area is 132 Å². The molecule has 0 fully saturated rings. The summed E-state index contributed by atoms with van der Waals surface area (Å²) in [7, 11) is 1.64. The standard InChI is InChI=1S/C18H15N3O2/c1-11(22)21-15-6-4-3-5-14(15)16-18(21)20-17(19-16)12-7-9-13(23-2)10-8-12/h3-10H,1-2H3,(H,19,20). The Morgan fingerprint density at radius 1 is 1.13 bits per heavy atom. The Morgan fingerprint density at radius 2 is 1.87 bits per heavy atom. The molecule has 4 rings (SSSR count). The minimum absolute atomic E-state index is 0.0519. The lowest BCUT2D eigenvalue weighted by atomic mass is 10.2. The molecule has 5 heteroatoms. The van der Waals surface area contributed by atoms with Gasteiger partial charge in [-0.1, -0.05) is 18.2 Å². The maximum atomic E-state index is 12.1. The number of aromatic nitrogens is 3. The lowest BCUT2D eigenvalue weighted by Crippen LogP contribution is -2.05.